The summed E-state index contributed by atoms with van der Waals surface area (Å²) in [4.78, 5) is 50.6. The van der Waals surface area contributed by atoms with E-state index in [2.05, 4.69) is 4.99 Å². The number of rotatable bonds is 5. The van der Waals surface area contributed by atoms with Gasteiger partial charge in [0.25, 0.3) is 5.69 Å². The second-order valence-electron chi connectivity index (χ2n) is 5.95. The summed E-state index contributed by atoms with van der Waals surface area (Å²) in [5.74, 6) is -2.49. The molecule has 0 heterocycles. The molecule has 3 rings (SSSR count). The number of carboxylic acid groups (broad SMARTS) is 1. The van der Waals surface area contributed by atoms with Gasteiger partial charge in [0.15, 0.2) is 5.90 Å². The Morgan fingerprint density at radius 2 is 1.82 bits per heavy atom. The number of hydrogen-bond acceptors (Lipinski definition) is 7. The molecule has 0 amide bonds. The van der Waals surface area contributed by atoms with E-state index >= 15 is 0 Å². The van der Waals surface area contributed by atoms with E-state index < -0.39 is 22.5 Å². The number of nitro benzene ring substituents is 1. The third-order valence-corrected chi connectivity index (χ3v) is 4.25. The van der Waals surface area contributed by atoms with Crippen LogP contribution in [0.5, 0.6) is 0 Å². The first kappa shape index (κ1) is 18.9. The maximum absolute atomic E-state index is 12.5. The van der Waals surface area contributed by atoms with Crippen LogP contribution in [0.25, 0.3) is 11.1 Å². The van der Waals surface area contributed by atoms with Crippen molar-refractivity contribution >= 4 is 34.8 Å². The number of benzene rings is 2. The summed E-state index contributed by atoms with van der Waals surface area (Å²) in [5, 5.41) is 20.1. The third kappa shape index (κ3) is 3.37. The van der Waals surface area contributed by atoms with Crippen molar-refractivity contribution in [2.75, 3.05) is 7.11 Å². The number of carbonyl (C=O) groups excluding carboxylic acids is 2. The van der Waals surface area contributed by atoms with Gasteiger partial charge in [-0.25, -0.2) is 4.99 Å². The minimum atomic E-state index is -1.01. The molecular formula is C19H14N2O7. The van der Waals surface area contributed by atoms with Crippen LogP contribution < -0.4 is 0 Å². The van der Waals surface area contributed by atoms with Crippen LogP contribution in [0.1, 0.15) is 33.6 Å². The van der Waals surface area contributed by atoms with E-state index in [1.54, 1.807) is 0 Å². The molecule has 2 aromatic rings. The lowest BCUT2D eigenvalue weighted by molar-refractivity contribution is -0.384. The normalized spacial score (nSPS) is 13.0. The zero-order chi connectivity index (χ0) is 20.4. The molecule has 0 saturated heterocycles. The molecule has 142 valence electrons. The van der Waals surface area contributed by atoms with Crippen LogP contribution in [-0.4, -0.2) is 40.6 Å². The van der Waals surface area contributed by atoms with Crippen molar-refractivity contribution in [3.8, 4) is 11.1 Å². The van der Waals surface area contributed by atoms with Gasteiger partial charge in [-0.2, -0.15) is 0 Å². The average Bonchev–Trinajstić information content (AvgIpc) is 2.68. The average molecular weight is 382 g/mol. The Morgan fingerprint density at radius 1 is 1.11 bits per heavy atom. The zero-order valence-electron chi connectivity index (χ0n) is 14.7. The third-order valence-electron chi connectivity index (χ3n) is 4.25. The van der Waals surface area contributed by atoms with E-state index in [9.17, 15) is 24.5 Å². The summed E-state index contributed by atoms with van der Waals surface area (Å²) in [5.41, 5.74) is 0.360. The molecule has 28 heavy (non-hydrogen) atoms. The Morgan fingerprint density at radius 3 is 2.46 bits per heavy atom. The van der Waals surface area contributed by atoms with Crippen LogP contribution in [0, 0.1) is 10.1 Å². The fourth-order valence-corrected chi connectivity index (χ4v) is 2.98. The summed E-state index contributed by atoms with van der Waals surface area (Å²) >= 11 is 0. The number of Topliss-reactive ketones (excluding diaryl/α,β-unsaturated/α-hetero) is 2. The number of carbonyl (C=O) groups is 3. The van der Waals surface area contributed by atoms with Gasteiger partial charge < -0.3 is 9.84 Å². The first-order chi connectivity index (χ1) is 13.3. The molecule has 1 aliphatic rings. The van der Waals surface area contributed by atoms with Crippen molar-refractivity contribution in [1.29, 1.82) is 0 Å². The highest BCUT2D eigenvalue weighted by molar-refractivity contribution is 6.53. The maximum Gasteiger partial charge on any atom is 0.303 e. The Bertz CT molecular complexity index is 1060. The largest absolute Gasteiger partial charge is 0.484 e. The van der Waals surface area contributed by atoms with Crippen molar-refractivity contribution in [2.24, 2.45) is 4.99 Å². The number of hydrogen-bond donors (Lipinski definition) is 1. The molecule has 1 aliphatic carbocycles. The first-order valence-electron chi connectivity index (χ1n) is 8.17. The van der Waals surface area contributed by atoms with Crippen LogP contribution >= 0.6 is 0 Å². The van der Waals surface area contributed by atoms with Gasteiger partial charge in [-0.05, 0) is 18.2 Å². The number of carboxylic acids is 1. The lowest BCUT2D eigenvalue weighted by Gasteiger charge is -2.18. The number of ketones is 2. The van der Waals surface area contributed by atoms with Gasteiger partial charge in [0.05, 0.1) is 29.7 Å². The zero-order valence-corrected chi connectivity index (χ0v) is 14.7. The molecule has 0 atom stereocenters. The number of ether oxygens (including phenoxy) is 1. The van der Waals surface area contributed by atoms with Gasteiger partial charge in [0.1, 0.15) is 0 Å². The molecule has 0 aliphatic heterocycles. The van der Waals surface area contributed by atoms with Crippen molar-refractivity contribution in [3.05, 3.63) is 57.6 Å². The predicted molar refractivity (Wildman–Crippen MR) is 98.2 cm³/mol. The SMILES string of the molecule is COC(CCC(=O)O)=Nc1ccc2c(c1)C(=O)C(=O)c1cccc([N+](=O)[O-])c1-2. The predicted octanol–water partition coefficient (Wildman–Crippen LogP) is 3.18. The molecule has 9 nitrogen and oxygen atoms in total. The fraction of sp³-hybridized carbons (Fsp3) is 0.158. The molecule has 0 saturated carbocycles. The number of methoxy groups -OCH3 is 1. The smallest absolute Gasteiger partial charge is 0.303 e. The minimum Gasteiger partial charge on any atom is -0.484 e. The lowest BCUT2D eigenvalue weighted by Crippen LogP contribution is -2.21. The molecule has 2 aromatic carbocycles. The van der Waals surface area contributed by atoms with Crippen LogP contribution in [-0.2, 0) is 9.53 Å². The molecule has 0 aromatic heterocycles. The van der Waals surface area contributed by atoms with Crippen molar-refractivity contribution < 1.29 is 29.2 Å². The first-order valence-corrected chi connectivity index (χ1v) is 8.17. The maximum atomic E-state index is 12.5. The van der Waals surface area contributed by atoms with Crippen LogP contribution in [0.15, 0.2) is 41.4 Å². The second-order valence-corrected chi connectivity index (χ2v) is 5.95. The Balaban J connectivity index is 2.12. The van der Waals surface area contributed by atoms with Gasteiger partial charge in [0.2, 0.25) is 11.6 Å². The quantitative estimate of drug-likeness (QED) is 0.276. The van der Waals surface area contributed by atoms with E-state index in [1.165, 1.54) is 43.5 Å². The molecule has 0 spiro atoms. The Labute approximate surface area is 158 Å². The minimum absolute atomic E-state index is 0.00161. The van der Waals surface area contributed by atoms with E-state index in [0.29, 0.717) is 0 Å². The molecular weight excluding hydrogens is 368 g/mol. The monoisotopic (exact) mass is 382 g/mol. The van der Waals surface area contributed by atoms with Crippen LogP contribution in [0.2, 0.25) is 0 Å². The van der Waals surface area contributed by atoms with E-state index in [0.717, 1.165) is 0 Å². The summed E-state index contributed by atoms with van der Waals surface area (Å²) in [7, 11) is 1.34. The van der Waals surface area contributed by atoms with Crippen molar-refractivity contribution in [3.63, 3.8) is 0 Å². The number of fused-ring (bicyclic) bond motifs is 3. The van der Waals surface area contributed by atoms with Gasteiger partial charge in [-0.1, -0.05) is 12.1 Å². The van der Waals surface area contributed by atoms with Crippen LogP contribution in [0.3, 0.4) is 0 Å². The van der Waals surface area contributed by atoms with Crippen molar-refractivity contribution in [1.82, 2.24) is 0 Å². The van der Waals surface area contributed by atoms with E-state index in [1.807, 2.05) is 0 Å². The second kappa shape index (κ2) is 7.39. The van der Waals surface area contributed by atoms with Gasteiger partial charge in [-0.15, -0.1) is 0 Å². The van der Waals surface area contributed by atoms with Gasteiger partial charge >= 0.3 is 5.97 Å². The summed E-state index contributed by atoms with van der Waals surface area (Å²) in [6.07, 6.45) is -0.140. The van der Waals surface area contributed by atoms with E-state index in [-0.39, 0.29) is 52.4 Å². The standard InChI is InChI=1S/C19H14N2O7/c1-28-15(7-8-16(22)23)20-10-5-6-11-13(9-10)19(25)18(24)12-3-2-4-14(17(11)12)21(26)27/h2-6,9H,7-8H2,1H3,(H,22,23). The highest BCUT2D eigenvalue weighted by Gasteiger charge is 2.35. The fourth-order valence-electron chi connectivity index (χ4n) is 2.98. The molecule has 0 fully saturated rings. The molecule has 9 heteroatoms. The van der Waals surface area contributed by atoms with E-state index in [4.69, 9.17) is 9.84 Å². The number of nitro groups is 1. The van der Waals surface area contributed by atoms with Crippen LogP contribution in [0.4, 0.5) is 11.4 Å². The number of nitrogens with zero attached hydrogens (tertiary/aromatic N) is 2. The number of aliphatic imine (C=N–C) groups is 1. The van der Waals surface area contributed by atoms with Gasteiger partial charge in [-0.3, -0.25) is 24.5 Å². The highest BCUT2D eigenvalue weighted by Crippen LogP contribution is 2.40. The Kier molecular flexibility index (Phi) is 4.99. The number of aliphatic carboxylic acids is 1. The Hall–Kier alpha value is -3.88. The molecule has 0 bridgehead atoms. The lowest BCUT2D eigenvalue weighted by atomic mass is 9.83. The summed E-state index contributed by atoms with van der Waals surface area (Å²) in [6.45, 7) is 0. The summed E-state index contributed by atoms with van der Waals surface area (Å²) in [6, 6.07) is 8.35. The van der Waals surface area contributed by atoms with Crippen molar-refractivity contribution in [2.45, 2.75) is 12.8 Å². The molecule has 1 N–H and O–H groups in total. The molecule has 0 unspecified atom stereocenters. The molecule has 0 radical (unpaired) electrons. The summed E-state index contributed by atoms with van der Waals surface area (Å²) < 4.78 is 5.05. The van der Waals surface area contributed by atoms with Gasteiger partial charge in [0, 0.05) is 29.2 Å². The highest BCUT2D eigenvalue weighted by atomic mass is 16.6. The topological polar surface area (TPSA) is 136 Å².